The molecule has 0 saturated carbocycles. The van der Waals surface area contributed by atoms with Crippen molar-refractivity contribution in [1.29, 1.82) is 0 Å². The highest BCUT2D eigenvalue weighted by atomic mass is 32.1. The van der Waals surface area contributed by atoms with Gasteiger partial charge in [-0.05, 0) is 12.2 Å². The van der Waals surface area contributed by atoms with Crippen LogP contribution in [0.2, 0.25) is 0 Å². The number of nitrogens with one attached hydrogen (secondary N) is 1. The van der Waals surface area contributed by atoms with Gasteiger partial charge < -0.3 is 4.52 Å². The quantitative estimate of drug-likeness (QED) is 0.508. The Kier molecular flexibility index (Phi) is 6.76. The first-order chi connectivity index (χ1) is 4.76. The Hall–Kier alpha value is 0.640. The molecule has 3 unspecified atom stereocenters. The first-order valence-electron chi connectivity index (χ1n) is 2.73. The summed E-state index contributed by atoms with van der Waals surface area (Å²) in [6.07, 6.45) is 0.667. The van der Waals surface area contributed by atoms with Crippen LogP contribution in [-0.2, 0) is 9.32 Å². The topological polar surface area (TPSA) is 38.3 Å². The summed E-state index contributed by atoms with van der Waals surface area (Å²) in [4.78, 5) is 10.8. The number of carbonyl (C=O) groups is 1. The van der Waals surface area contributed by atoms with E-state index in [1.165, 1.54) is 0 Å². The van der Waals surface area contributed by atoms with Crippen molar-refractivity contribution in [3.63, 3.8) is 0 Å². The molecule has 3 atom stereocenters. The Labute approximate surface area is 70.6 Å². The number of thiol groups is 1. The Bertz CT molecular complexity index is 113. The summed E-state index contributed by atoms with van der Waals surface area (Å²) in [5, 5.41) is 2.73. The number of carbonyl (C=O) groups excluding carboxylic acids is 1. The van der Waals surface area contributed by atoms with E-state index in [1.807, 2.05) is 9.47 Å². The van der Waals surface area contributed by atoms with Crippen molar-refractivity contribution in [2.75, 3.05) is 5.75 Å². The van der Waals surface area contributed by atoms with Crippen molar-refractivity contribution in [2.24, 2.45) is 0 Å². The van der Waals surface area contributed by atoms with Gasteiger partial charge in [0.05, 0.1) is 9.47 Å². The van der Waals surface area contributed by atoms with Gasteiger partial charge in [-0.3, -0.25) is 9.88 Å². The van der Waals surface area contributed by atoms with Crippen LogP contribution in [0.25, 0.3) is 0 Å². The molecular weight excluding hydrogens is 188 g/mol. The summed E-state index contributed by atoms with van der Waals surface area (Å²) in [5.74, 6) is 0.375. The molecule has 0 aromatic rings. The Balaban J connectivity index is 3.68. The first-order valence-corrected chi connectivity index (χ1v) is 4.42. The summed E-state index contributed by atoms with van der Waals surface area (Å²) < 4.78 is 4.42. The van der Waals surface area contributed by atoms with E-state index in [0.29, 0.717) is 12.2 Å². The zero-order valence-corrected chi connectivity index (χ0v) is 8.61. The zero-order chi connectivity index (χ0) is 7.98. The summed E-state index contributed by atoms with van der Waals surface area (Å²) in [5.41, 5.74) is 0. The maximum absolute atomic E-state index is 10.8. The van der Waals surface area contributed by atoms with E-state index in [9.17, 15) is 4.79 Å². The minimum absolute atomic E-state index is 0.264. The molecule has 0 fully saturated rings. The van der Waals surface area contributed by atoms with Gasteiger partial charge in [-0.25, -0.2) is 0 Å². The largest absolute Gasteiger partial charge is 0.450 e. The van der Waals surface area contributed by atoms with Crippen LogP contribution in [0.4, 0.5) is 0 Å². The molecule has 0 aliphatic heterocycles. The van der Waals surface area contributed by atoms with Crippen LogP contribution in [0.15, 0.2) is 0 Å². The Morgan fingerprint density at radius 2 is 2.40 bits per heavy atom. The highest BCUT2D eigenvalue weighted by molar-refractivity contribution is 7.80. The van der Waals surface area contributed by atoms with E-state index in [-0.39, 0.29) is 12.0 Å². The van der Waals surface area contributed by atoms with Crippen LogP contribution >= 0.6 is 31.5 Å². The lowest BCUT2D eigenvalue weighted by atomic mass is 10.2. The van der Waals surface area contributed by atoms with Crippen LogP contribution in [0.3, 0.4) is 0 Å². The molecule has 3 nitrogen and oxygen atoms in total. The lowest BCUT2D eigenvalue weighted by molar-refractivity contribution is -0.135. The molecule has 1 N–H and O–H groups in total. The average molecular weight is 199 g/mol. The molecule has 0 aliphatic rings. The van der Waals surface area contributed by atoms with E-state index in [1.54, 1.807) is 0 Å². The number of hydrogen-bond acceptors (Lipinski definition) is 4. The van der Waals surface area contributed by atoms with Crippen molar-refractivity contribution in [3.05, 3.63) is 0 Å². The van der Waals surface area contributed by atoms with E-state index in [2.05, 4.69) is 31.6 Å². The molecule has 0 bridgehead atoms. The van der Waals surface area contributed by atoms with Gasteiger partial charge in [0.1, 0.15) is 6.04 Å². The molecule has 0 rings (SSSR count). The van der Waals surface area contributed by atoms with Crippen LogP contribution in [0, 0.1) is 0 Å². The molecule has 0 amide bonds. The third kappa shape index (κ3) is 3.72. The van der Waals surface area contributed by atoms with Crippen molar-refractivity contribution < 1.29 is 9.32 Å². The lowest BCUT2D eigenvalue weighted by Crippen LogP contribution is -2.30. The second-order valence-corrected chi connectivity index (χ2v) is 2.68. The molecule has 0 aliphatic carbocycles. The minimum atomic E-state index is -0.283. The van der Waals surface area contributed by atoms with E-state index in [4.69, 9.17) is 0 Å². The maximum Gasteiger partial charge on any atom is 0.325 e. The molecule has 0 aromatic heterocycles. The summed E-state index contributed by atoms with van der Waals surface area (Å²) in [6, 6.07) is -0.264. The van der Waals surface area contributed by atoms with Crippen molar-refractivity contribution in [1.82, 2.24) is 5.09 Å². The normalized spacial score (nSPS) is 12.7. The van der Waals surface area contributed by atoms with Crippen LogP contribution in [-0.4, -0.2) is 17.8 Å². The van der Waals surface area contributed by atoms with Crippen LogP contribution in [0.5, 0.6) is 0 Å². The molecule has 6 heteroatoms. The smallest absolute Gasteiger partial charge is 0.325 e. The van der Waals surface area contributed by atoms with Gasteiger partial charge in [-0.15, -0.1) is 0 Å². The minimum Gasteiger partial charge on any atom is -0.450 e. The first kappa shape index (κ1) is 10.6. The second-order valence-electron chi connectivity index (χ2n) is 1.67. The fourth-order valence-corrected chi connectivity index (χ4v) is 1.21. The highest BCUT2D eigenvalue weighted by Gasteiger charge is 2.14. The van der Waals surface area contributed by atoms with Gasteiger partial charge in [0.25, 0.3) is 0 Å². The highest BCUT2D eigenvalue weighted by Crippen LogP contribution is 2.01. The molecule has 60 valence electrons. The molecular formula is C4H11NO2P2S. The second kappa shape index (κ2) is 6.36. The van der Waals surface area contributed by atoms with Gasteiger partial charge in [0.15, 0.2) is 0 Å². The molecule has 0 radical (unpaired) electrons. The van der Waals surface area contributed by atoms with Crippen molar-refractivity contribution in [2.45, 2.75) is 12.5 Å². The van der Waals surface area contributed by atoms with Crippen LogP contribution in [0.1, 0.15) is 6.42 Å². The summed E-state index contributed by atoms with van der Waals surface area (Å²) in [6.45, 7) is 0. The summed E-state index contributed by atoms with van der Waals surface area (Å²) in [7, 11) is 4.19. The number of rotatable bonds is 4. The van der Waals surface area contributed by atoms with Gasteiger partial charge in [0.2, 0.25) is 0 Å². The van der Waals surface area contributed by atoms with Crippen molar-refractivity contribution in [3.8, 4) is 0 Å². The Morgan fingerprint density at radius 1 is 1.80 bits per heavy atom. The van der Waals surface area contributed by atoms with Gasteiger partial charge in [-0.1, -0.05) is 9.39 Å². The third-order valence-corrected chi connectivity index (χ3v) is 1.91. The standard InChI is InChI=1S/C4H11NO2P2S/c6-4(7-9)3(5-8)1-2-10/h3,5,10H,1-2,8-9H2. The molecule has 0 heterocycles. The average Bonchev–Trinajstić information content (AvgIpc) is 1.99. The van der Waals surface area contributed by atoms with Gasteiger partial charge in [0, 0.05) is 0 Å². The molecule has 10 heavy (non-hydrogen) atoms. The maximum atomic E-state index is 10.8. The summed E-state index contributed by atoms with van der Waals surface area (Å²) >= 11 is 3.98. The van der Waals surface area contributed by atoms with Crippen molar-refractivity contribution >= 4 is 37.5 Å². The zero-order valence-electron chi connectivity index (χ0n) is 5.41. The van der Waals surface area contributed by atoms with Gasteiger partial charge in [-0.2, -0.15) is 12.6 Å². The molecule has 0 spiro atoms. The van der Waals surface area contributed by atoms with E-state index >= 15 is 0 Å². The van der Waals surface area contributed by atoms with E-state index < -0.39 is 0 Å². The lowest BCUT2D eigenvalue weighted by Gasteiger charge is -2.10. The number of hydrogen-bond donors (Lipinski definition) is 2. The third-order valence-electron chi connectivity index (χ3n) is 1.02. The fraction of sp³-hybridized carbons (Fsp3) is 0.750. The predicted molar refractivity (Wildman–Crippen MR) is 50.9 cm³/mol. The SMILES string of the molecule is O=C(OP)C(CCS)NP. The van der Waals surface area contributed by atoms with Crippen LogP contribution < -0.4 is 5.09 Å². The Morgan fingerprint density at radius 3 is 2.70 bits per heavy atom. The molecule has 0 saturated heterocycles. The van der Waals surface area contributed by atoms with Gasteiger partial charge >= 0.3 is 5.97 Å². The monoisotopic (exact) mass is 199 g/mol. The molecule has 0 aromatic carbocycles. The predicted octanol–water partition coefficient (Wildman–Crippen LogP) is 0.388. The fourth-order valence-electron chi connectivity index (χ4n) is 0.480. The van der Waals surface area contributed by atoms with E-state index in [0.717, 1.165) is 0 Å².